The smallest absolute Gasteiger partial charge is 0.388 e. The molecular weight excluding hydrogens is 394 g/mol. The van der Waals surface area contributed by atoms with Gasteiger partial charge in [-0.2, -0.15) is 13.9 Å². The predicted molar refractivity (Wildman–Crippen MR) is 107 cm³/mol. The second-order valence-electron chi connectivity index (χ2n) is 6.77. The second kappa shape index (κ2) is 9.62. The highest BCUT2D eigenvalue weighted by Gasteiger charge is 2.20. The number of aryl methyl sites for hydroxylation is 1. The van der Waals surface area contributed by atoms with Crippen LogP contribution in [0.15, 0.2) is 36.7 Å². The maximum absolute atomic E-state index is 12.6. The van der Waals surface area contributed by atoms with Crippen molar-refractivity contribution < 1.29 is 23.4 Å². The van der Waals surface area contributed by atoms with Crippen molar-refractivity contribution in [3.05, 3.63) is 53.6 Å². The van der Waals surface area contributed by atoms with Crippen LogP contribution in [0.4, 0.5) is 8.78 Å². The fourth-order valence-electron chi connectivity index (χ4n) is 3.40. The fraction of sp³-hybridized carbons (Fsp3) is 0.381. The number of ether oxygens (including phenoxy) is 2. The summed E-state index contributed by atoms with van der Waals surface area (Å²) in [7, 11) is 1.50. The van der Waals surface area contributed by atoms with Crippen molar-refractivity contribution in [1.82, 2.24) is 19.7 Å². The molecule has 0 aliphatic rings. The molecule has 1 unspecified atom stereocenters. The number of aromatic nitrogens is 4. The van der Waals surface area contributed by atoms with E-state index in [0.717, 1.165) is 24.1 Å². The third kappa shape index (κ3) is 4.73. The average Bonchev–Trinajstić information content (AvgIpc) is 3.11. The molecule has 3 rings (SSSR count). The Labute approximate surface area is 173 Å². The van der Waals surface area contributed by atoms with Crippen molar-refractivity contribution in [1.29, 1.82) is 0 Å². The molecule has 30 heavy (non-hydrogen) atoms. The highest BCUT2D eigenvalue weighted by molar-refractivity contribution is 5.70. The van der Waals surface area contributed by atoms with Gasteiger partial charge in [0.2, 0.25) is 11.8 Å². The van der Waals surface area contributed by atoms with E-state index in [4.69, 9.17) is 4.74 Å². The molecule has 3 aromatic rings. The molecule has 1 atom stereocenters. The fourth-order valence-corrected chi connectivity index (χ4v) is 3.40. The van der Waals surface area contributed by atoms with E-state index in [1.165, 1.54) is 19.4 Å². The summed E-state index contributed by atoms with van der Waals surface area (Å²) in [5.74, 6) is 0.173. The molecule has 3 heterocycles. The molecule has 0 aromatic carbocycles. The summed E-state index contributed by atoms with van der Waals surface area (Å²) < 4.78 is 36.9. The number of aliphatic hydroxyl groups excluding tert-OH is 1. The van der Waals surface area contributed by atoms with Crippen LogP contribution >= 0.6 is 0 Å². The summed E-state index contributed by atoms with van der Waals surface area (Å²) in [6.45, 7) is 0.913. The molecule has 9 heteroatoms. The highest BCUT2D eigenvalue weighted by Crippen LogP contribution is 2.34. The zero-order valence-corrected chi connectivity index (χ0v) is 17.0. The van der Waals surface area contributed by atoms with Crippen LogP contribution in [-0.2, 0) is 6.61 Å². The van der Waals surface area contributed by atoms with Crippen LogP contribution in [0.1, 0.15) is 42.8 Å². The Kier molecular flexibility index (Phi) is 6.94. The van der Waals surface area contributed by atoms with Crippen molar-refractivity contribution in [3.63, 3.8) is 0 Å². The van der Waals surface area contributed by atoms with Gasteiger partial charge in [-0.05, 0) is 42.7 Å². The summed E-state index contributed by atoms with van der Waals surface area (Å²) in [5, 5.41) is 13.9. The standard InChI is InChI=1S/C21H24F2N4O3/c1-4-5-18(27-13(2)8-16(12-28)26-27)15-9-17(20(29-3)25-11-15)14-6-7-24-19(10-14)30-21(22)23/h6-11,18,21,28H,4-5,12H2,1-3H3. The summed E-state index contributed by atoms with van der Waals surface area (Å²) in [5.41, 5.74) is 3.63. The molecule has 0 spiro atoms. The van der Waals surface area contributed by atoms with Gasteiger partial charge in [-0.1, -0.05) is 13.3 Å². The van der Waals surface area contributed by atoms with Gasteiger partial charge in [0.15, 0.2) is 0 Å². The molecular formula is C21H24F2N4O3. The number of hydrogen-bond donors (Lipinski definition) is 1. The van der Waals surface area contributed by atoms with E-state index < -0.39 is 6.61 Å². The van der Waals surface area contributed by atoms with E-state index in [1.54, 1.807) is 12.3 Å². The molecule has 0 aliphatic carbocycles. The lowest BCUT2D eigenvalue weighted by Gasteiger charge is -2.20. The Morgan fingerprint density at radius 1 is 1.20 bits per heavy atom. The van der Waals surface area contributed by atoms with E-state index in [0.29, 0.717) is 22.7 Å². The Hall–Kier alpha value is -3.07. The lowest BCUT2D eigenvalue weighted by molar-refractivity contribution is -0.0528. The SMILES string of the molecule is CCCC(c1cnc(OC)c(-c2ccnc(OC(F)F)c2)c1)n1nc(CO)cc1C. The summed E-state index contributed by atoms with van der Waals surface area (Å²) in [6.07, 6.45) is 4.83. The number of halogens is 2. The zero-order chi connectivity index (χ0) is 21.7. The number of alkyl halides is 2. The Bertz CT molecular complexity index is 994. The van der Waals surface area contributed by atoms with Gasteiger partial charge in [0.05, 0.1) is 25.5 Å². The molecule has 0 saturated carbocycles. The number of nitrogens with zero attached hydrogens (tertiary/aromatic N) is 4. The number of hydrogen-bond acceptors (Lipinski definition) is 6. The zero-order valence-electron chi connectivity index (χ0n) is 17.0. The van der Waals surface area contributed by atoms with Crippen LogP contribution in [-0.4, -0.2) is 38.6 Å². The van der Waals surface area contributed by atoms with Crippen molar-refractivity contribution >= 4 is 0 Å². The Morgan fingerprint density at radius 2 is 2.00 bits per heavy atom. The van der Waals surface area contributed by atoms with E-state index in [-0.39, 0.29) is 18.5 Å². The Morgan fingerprint density at radius 3 is 2.63 bits per heavy atom. The van der Waals surface area contributed by atoms with Crippen molar-refractivity contribution in [2.45, 2.75) is 45.9 Å². The van der Waals surface area contributed by atoms with Crippen molar-refractivity contribution in [2.24, 2.45) is 0 Å². The first-order valence-electron chi connectivity index (χ1n) is 9.57. The van der Waals surface area contributed by atoms with E-state index in [9.17, 15) is 13.9 Å². The molecule has 0 bridgehead atoms. The van der Waals surface area contributed by atoms with Crippen molar-refractivity contribution in [2.75, 3.05) is 7.11 Å². The van der Waals surface area contributed by atoms with Crippen LogP contribution in [0.5, 0.6) is 11.8 Å². The summed E-state index contributed by atoms with van der Waals surface area (Å²) in [6, 6.07) is 6.75. The van der Waals surface area contributed by atoms with Gasteiger partial charge < -0.3 is 14.6 Å². The van der Waals surface area contributed by atoms with Crippen LogP contribution in [0.25, 0.3) is 11.1 Å². The minimum atomic E-state index is -2.96. The molecule has 160 valence electrons. The number of methoxy groups -OCH3 is 1. The van der Waals surface area contributed by atoms with Gasteiger partial charge in [-0.25, -0.2) is 9.97 Å². The number of aliphatic hydroxyl groups is 1. The topological polar surface area (TPSA) is 82.3 Å². The quantitative estimate of drug-likeness (QED) is 0.562. The first kappa shape index (κ1) is 21.6. The summed E-state index contributed by atoms with van der Waals surface area (Å²) in [4.78, 5) is 8.24. The van der Waals surface area contributed by atoms with Gasteiger partial charge in [0.1, 0.15) is 0 Å². The van der Waals surface area contributed by atoms with Gasteiger partial charge in [0.25, 0.3) is 0 Å². The molecule has 1 N–H and O–H groups in total. The number of pyridine rings is 2. The maximum atomic E-state index is 12.6. The van der Waals surface area contributed by atoms with Crippen LogP contribution in [0.2, 0.25) is 0 Å². The molecule has 7 nitrogen and oxygen atoms in total. The third-order valence-electron chi connectivity index (χ3n) is 4.70. The van der Waals surface area contributed by atoms with Gasteiger partial charge in [0, 0.05) is 29.7 Å². The van der Waals surface area contributed by atoms with Gasteiger partial charge in [-0.3, -0.25) is 4.68 Å². The van der Waals surface area contributed by atoms with Crippen LogP contribution in [0.3, 0.4) is 0 Å². The largest absolute Gasteiger partial charge is 0.481 e. The Balaban J connectivity index is 2.07. The molecule has 3 aromatic heterocycles. The van der Waals surface area contributed by atoms with E-state index >= 15 is 0 Å². The third-order valence-corrected chi connectivity index (χ3v) is 4.70. The lowest BCUT2D eigenvalue weighted by Crippen LogP contribution is -2.14. The highest BCUT2D eigenvalue weighted by atomic mass is 19.3. The molecule has 0 fully saturated rings. The van der Waals surface area contributed by atoms with Crippen LogP contribution in [0, 0.1) is 6.92 Å². The monoisotopic (exact) mass is 418 g/mol. The maximum Gasteiger partial charge on any atom is 0.388 e. The first-order chi connectivity index (χ1) is 14.5. The van der Waals surface area contributed by atoms with Gasteiger partial charge in [-0.15, -0.1) is 0 Å². The van der Waals surface area contributed by atoms with Gasteiger partial charge >= 0.3 is 6.61 Å². The molecule has 0 radical (unpaired) electrons. The van der Waals surface area contributed by atoms with Crippen LogP contribution < -0.4 is 9.47 Å². The second-order valence-corrected chi connectivity index (χ2v) is 6.77. The molecule has 0 amide bonds. The normalized spacial score (nSPS) is 12.2. The first-order valence-corrected chi connectivity index (χ1v) is 9.57. The minimum Gasteiger partial charge on any atom is -0.481 e. The van der Waals surface area contributed by atoms with E-state index in [2.05, 4.69) is 26.7 Å². The van der Waals surface area contributed by atoms with E-state index in [1.807, 2.05) is 23.7 Å². The lowest BCUT2D eigenvalue weighted by atomic mass is 9.99. The van der Waals surface area contributed by atoms with Crippen molar-refractivity contribution in [3.8, 4) is 22.9 Å². The summed E-state index contributed by atoms with van der Waals surface area (Å²) >= 11 is 0. The molecule has 0 aliphatic heterocycles. The average molecular weight is 418 g/mol. The molecule has 0 saturated heterocycles. The minimum absolute atomic E-state index is 0.105. The predicted octanol–water partition coefficient (Wildman–Crippen LogP) is 4.14. The number of rotatable bonds is 9.